The van der Waals surface area contributed by atoms with E-state index in [1.807, 2.05) is 0 Å². The summed E-state index contributed by atoms with van der Waals surface area (Å²) >= 11 is 0. The summed E-state index contributed by atoms with van der Waals surface area (Å²) in [5.74, 6) is 1.82. The van der Waals surface area contributed by atoms with Crippen LogP contribution in [-0.2, 0) is 0 Å². The fourth-order valence-electron chi connectivity index (χ4n) is 4.45. The van der Waals surface area contributed by atoms with E-state index < -0.39 is 0 Å². The molecule has 0 bridgehead atoms. The van der Waals surface area contributed by atoms with Gasteiger partial charge in [0.25, 0.3) is 0 Å². The number of allylic oxidation sites excluding steroid dienone is 4. The number of aliphatic hydroxyl groups is 1. The van der Waals surface area contributed by atoms with Crippen LogP contribution in [0.4, 0.5) is 0 Å². The first-order valence-electron chi connectivity index (χ1n) is 8.66. The lowest BCUT2D eigenvalue weighted by molar-refractivity contribution is 0.102. The van der Waals surface area contributed by atoms with Crippen LogP contribution in [0.15, 0.2) is 23.3 Å². The fourth-order valence-corrected chi connectivity index (χ4v) is 4.45. The largest absolute Gasteiger partial charge is 0.396 e. The predicted molar refractivity (Wildman–Crippen MR) is 91.1 cm³/mol. The van der Waals surface area contributed by atoms with Crippen molar-refractivity contribution in [3.63, 3.8) is 0 Å². The Morgan fingerprint density at radius 2 is 1.62 bits per heavy atom. The van der Waals surface area contributed by atoms with Gasteiger partial charge in [0, 0.05) is 6.61 Å². The molecule has 1 N–H and O–H groups in total. The van der Waals surface area contributed by atoms with E-state index in [-0.39, 0.29) is 5.41 Å². The Kier molecular flexibility index (Phi) is 4.73. The Bertz CT molecular complexity index is 439. The third-order valence-electron chi connectivity index (χ3n) is 7.06. The van der Waals surface area contributed by atoms with E-state index in [4.69, 9.17) is 0 Å². The lowest BCUT2D eigenvalue weighted by Crippen LogP contribution is -2.31. The van der Waals surface area contributed by atoms with Crippen LogP contribution >= 0.6 is 0 Å². The van der Waals surface area contributed by atoms with Crippen LogP contribution in [0.2, 0.25) is 0 Å². The summed E-state index contributed by atoms with van der Waals surface area (Å²) in [4.78, 5) is 0. The summed E-state index contributed by atoms with van der Waals surface area (Å²) in [6.07, 6.45) is 9.60. The molecular weight excluding hydrogens is 256 g/mol. The zero-order valence-corrected chi connectivity index (χ0v) is 14.9. The molecule has 0 saturated heterocycles. The number of aliphatic hydroxyl groups excluding tert-OH is 1. The zero-order valence-electron chi connectivity index (χ0n) is 14.9. The molecule has 2 aliphatic carbocycles. The maximum absolute atomic E-state index is 9.92. The van der Waals surface area contributed by atoms with E-state index in [1.54, 1.807) is 5.57 Å². The van der Waals surface area contributed by atoms with Gasteiger partial charge < -0.3 is 5.11 Å². The molecule has 21 heavy (non-hydrogen) atoms. The summed E-state index contributed by atoms with van der Waals surface area (Å²) in [5, 5.41) is 9.92. The molecule has 0 fully saturated rings. The zero-order chi connectivity index (χ0) is 15.8. The van der Waals surface area contributed by atoms with Crippen molar-refractivity contribution in [2.75, 3.05) is 6.61 Å². The van der Waals surface area contributed by atoms with E-state index in [2.05, 4.69) is 53.7 Å². The lowest BCUT2D eigenvalue weighted by Gasteiger charge is -2.37. The predicted octanol–water partition coefficient (Wildman–Crippen LogP) is 5.36. The highest BCUT2D eigenvalue weighted by Crippen LogP contribution is 2.50. The Hall–Kier alpha value is -0.560. The van der Waals surface area contributed by atoms with Crippen LogP contribution in [0.25, 0.3) is 0 Å². The van der Waals surface area contributed by atoms with E-state index in [0.717, 1.165) is 12.3 Å². The normalized spacial score (nSPS) is 32.0. The molecule has 2 rings (SSSR count). The van der Waals surface area contributed by atoms with Crippen molar-refractivity contribution in [2.24, 2.45) is 28.6 Å². The van der Waals surface area contributed by atoms with Gasteiger partial charge in [0.2, 0.25) is 0 Å². The number of rotatable bonds is 5. The molecule has 0 aromatic heterocycles. The molecule has 1 heteroatoms. The van der Waals surface area contributed by atoms with Crippen molar-refractivity contribution >= 4 is 0 Å². The van der Waals surface area contributed by atoms with Crippen LogP contribution in [0, 0.1) is 28.6 Å². The van der Waals surface area contributed by atoms with Gasteiger partial charge in [0.05, 0.1) is 0 Å². The monoisotopic (exact) mass is 290 g/mol. The van der Waals surface area contributed by atoms with Gasteiger partial charge in [-0.25, -0.2) is 0 Å². The molecule has 120 valence electrons. The summed E-state index contributed by atoms with van der Waals surface area (Å²) < 4.78 is 0. The summed E-state index contributed by atoms with van der Waals surface area (Å²) in [6, 6.07) is 0. The van der Waals surface area contributed by atoms with E-state index >= 15 is 0 Å². The molecule has 0 saturated carbocycles. The molecule has 0 aromatic carbocycles. The minimum atomic E-state index is 0.257. The lowest BCUT2D eigenvalue weighted by atomic mass is 9.68. The van der Waals surface area contributed by atoms with Gasteiger partial charge in [-0.05, 0) is 68.1 Å². The minimum absolute atomic E-state index is 0.257. The topological polar surface area (TPSA) is 20.2 Å². The maximum Gasteiger partial charge on any atom is 0.0462 e. The molecule has 0 aromatic rings. The molecule has 0 spiro atoms. The van der Waals surface area contributed by atoms with Crippen LogP contribution < -0.4 is 0 Å². The Morgan fingerprint density at radius 3 is 2.05 bits per heavy atom. The SMILES string of the molecule is CC1=CC[C@H](CC[C@H](CO)[C@H]2CC=C(C)C2(C)C)C1(C)C. The third kappa shape index (κ3) is 2.99. The van der Waals surface area contributed by atoms with Crippen LogP contribution in [0.1, 0.15) is 67.2 Å². The first-order chi connectivity index (χ1) is 9.71. The van der Waals surface area contributed by atoms with E-state index in [9.17, 15) is 5.11 Å². The second-order valence-electron chi connectivity index (χ2n) is 8.51. The molecule has 3 atom stereocenters. The van der Waals surface area contributed by atoms with Gasteiger partial charge in [-0.1, -0.05) is 51.0 Å². The first-order valence-corrected chi connectivity index (χ1v) is 8.66. The fraction of sp³-hybridized carbons (Fsp3) is 0.800. The molecule has 1 nitrogen and oxygen atoms in total. The van der Waals surface area contributed by atoms with Gasteiger partial charge >= 0.3 is 0 Å². The van der Waals surface area contributed by atoms with Crippen LogP contribution in [0.5, 0.6) is 0 Å². The molecule has 0 radical (unpaired) electrons. The molecular formula is C20H34O. The van der Waals surface area contributed by atoms with E-state index in [0.29, 0.717) is 23.9 Å². The van der Waals surface area contributed by atoms with Crippen molar-refractivity contribution in [3.05, 3.63) is 23.3 Å². The van der Waals surface area contributed by atoms with Gasteiger partial charge in [0.1, 0.15) is 0 Å². The average molecular weight is 290 g/mol. The molecule has 2 aliphatic rings. The second kappa shape index (κ2) is 5.91. The third-order valence-corrected chi connectivity index (χ3v) is 7.06. The number of hydrogen-bond donors (Lipinski definition) is 1. The van der Waals surface area contributed by atoms with Gasteiger partial charge in [-0.2, -0.15) is 0 Å². The van der Waals surface area contributed by atoms with Crippen molar-refractivity contribution in [1.29, 1.82) is 0 Å². The second-order valence-corrected chi connectivity index (χ2v) is 8.51. The quantitative estimate of drug-likeness (QED) is 0.676. The smallest absolute Gasteiger partial charge is 0.0462 e. The Morgan fingerprint density at radius 1 is 1.05 bits per heavy atom. The van der Waals surface area contributed by atoms with Crippen molar-refractivity contribution in [3.8, 4) is 0 Å². The Balaban J connectivity index is 1.96. The standard InChI is InChI=1S/C20H34O/c1-14-7-10-17(19(14,3)4)11-9-16(13-21)18-12-8-15(2)20(18,5)6/h7-8,16-18,21H,9-13H2,1-6H3/t16-,17-,18-/m1/s1. The maximum atomic E-state index is 9.92. The summed E-state index contributed by atoms with van der Waals surface area (Å²) in [7, 11) is 0. The van der Waals surface area contributed by atoms with Crippen LogP contribution in [0.3, 0.4) is 0 Å². The van der Waals surface area contributed by atoms with Crippen molar-refractivity contribution in [1.82, 2.24) is 0 Å². The highest BCUT2D eigenvalue weighted by molar-refractivity contribution is 5.20. The van der Waals surface area contributed by atoms with Crippen LogP contribution in [-0.4, -0.2) is 11.7 Å². The molecule has 0 aliphatic heterocycles. The summed E-state index contributed by atoms with van der Waals surface area (Å²) in [5.41, 5.74) is 3.66. The minimum Gasteiger partial charge on any atom is -0.396 e. The van der Waals surface area contributed by atoms with Gasteiger partial charge in [0.15, 0.2) is 0 Å². The van der Waals surface area contributed by atoms with Gasteiger partial charge in [-0.15, -0.1) is 0 Å². The first kappa shape index (κ1) is 16.8. The highest BCUT2D eigenvalue weighted by Gasteiger charge is 2.41. The molecule has 0 heterocycles. The van der Waals surface area contributed by atoms with Crippen molar-refractivity contribution < 1.29 is 5.11 Å². The Labute approximate surface area is 131 Å². The average Bonchev–Trinajstić information content (AvgIpc) is 2.82. The van der Waals surface area contributed by atoms with E-state index in [1.165, 1.54) is 24.8 Å². The molecule has 0 amide bonds. The van der Waals surface area contributed by atoms with Gasteiger partial charge in [-0.3, -0.25) is 0 Å². The van der Waals surface area contributed by atoms with Crippen molar-refractivity contribution in [2.45, 2.75) is 67.2 Å². The highest BCUT2D eigenvalue weighted by atomic mass is 16.3. The molecule has 0 unspecified atom stereocenters. The summed E-state index contributed by atoms with van der Waals surface area (Å²) in [6.45, 7) is 14.3. The number of hydrogen-bond acceptors (Lipinski definition) is 1.